The van der Waals surface area contributed by atoms with Crippen molar-refractivity contribution in [3.8, 4) is 0 Å². The molecule has 4 amide bonds. The molecule has 142 valence electrons. The minimum atomic E-state index is -0.971. The standard InChI is InChI=1S/C18H18Cl2N4O3/c1-24(10-14(25)22-15-12(19)8-5-9-13(15)20)16(17(26)23-18(21)27)11-6-3-2-4-7-11/h2-9,16H,10H2,1H3,(H,22,25)(H3,21,23,26,27)/t16-/m0/s1. The van der Waals surface area contributed by atoms with Crippen molar-refractivity contribution in [2.75, 3.05) is 18.9 Å². The highest BCUT2D eigenvalue weighted by Gasteiger charge is 2.27. The second-order valence-electron chi connectivity index (χ2n) is 5.73. The maximum absolute atomic E-state index is 12.4. The van der Waals surface area contributed by atoms with Crippen molar-refractivity contribution in [3.63, 3.8) is 0 Å². The number of likely N-dealkylation sites (N-methyl/N-ethyl adjacent to an activating group) is 1. The van der Waals surface area contributed by atoms with Crippen LogP contribution in [-0.2, 0) is 9.59 Å². The molecule has 0 heterocycles. The van der Waals surface area contributed by atoms with E-state index in [1.54, 1.807) is 55.6 Å². The van der Waals surface area contributed by atoms with E-state index in [2.05, 4.69) is 5.32 Å². The number of hydrogen-bond donors (Lipinski definition) is 3. The lowest BCUT2D eigenvalue weighted by molar-refractivity contribution is -0.126. The summed E-state index contributed by atoms with van der Waals surface area (Å²) in [7, 11) is 1.58. The highest BCUT2D eigenvalue weighted by atomic mass is 35.5. The first-order valence-corrected chi connectivity index (χ1v) is 8.64. The van der Waals surface area contributed by atoms with Gasteiger partial charge in [0, 0.05) is 0 Å². The summed E-state index contributed by atoms with van der Waals surface area (Å²) in [6.07, 6.45) is 0. The van der Waals surface area contributed by atoms with Crippen molar-refractivity contribution in [3.05, 3.63) is 64.1 Å². The Morgan fingerprint density at radius 2 is 1.63 bits per heavy atom. The molecule has 0 unspecified atom stereocenters. The molecule has 0 bridgehead atoms. The van der Waals surface area contributed by atoms with Gasteiger partial charge in [0.25, 0.3) is 0 Å². The van der Waals surface area contributed by atoms with Crippen LogP contribution in [0.3, 0.4) is 0 Å². The zero-order chi connectivity index (χ0) is 20.0. The molecule has 0 aromatic heterocycles. The van der Waals surface area contributed by atoms with E-state index in [4.69, 9.17) is 28.9 Å². The number of amides is 4. The average molecular weight is 409 g/mol. The maximum atomic E-state index is 12.4. The summed E-state index contributed by atoms with van der Waals surface area (Å²) < 4.78 is 0. The van der Waals surface area contributed by atoms with E-state index in [-0.39, 0.29) is 12.2 Å². The topological polar surface area (TPSA) is 105 Å². The summed E-state index contributed by atoms with van der Waals surface area (Å²) in [5, 5.41) is 5.27. The van der Waals surface area contributed by atoms with Crippen LogP contribution in [0.2, 0.25) is 10.0 Å². The van der Waals surface area contributed by atoms with Crippen LogP contribution >= 0.6 is 23.2 Å². The Balaban J connectivity index is 2.17. The Bertz CT molecular complexity index is 826. The summed E-state index contributed by atoms with van der Waals surface area (Å²) in [6, 6.07) is 11.7. The maximum Gasteiger partial charge on any atom is 0.318 e. The predicted molar refractivity (Wildman–Crippen MR) is 105 cm³/mol. The summed E-state index contributed by atoms with van der Waals surface area (Å²) in [5.74, 6) is -1.07. The number of nitrogens with one attached hydrogen (secondary N) is 2. The number of nitrogens with two attached hydrogens (primary N) is 1. The van der Waals surface area contributed by atoms with Crippen LogP contribution in [0.5, 0.6) is 0 Å². The number of anilines is 1. The SMILES string of the molecule is CN(CC(=O)Nc1c(Cl)cccc1Cl)[C@H](C(=O)NC(N)=O)c1ccccc1. The number of nitrogens with zero attached hydrogens (tertiary/aromatic N) is 1. The molecular weight excluding hydrogens is 391 g/mol. The van der Waals surface area contributed by atoms with Crippen LogP contribution in [0.15, 0.2) is 48.5 Å². The Hall–Kier alpha value is -2.61. The van der Waals surface area contributed by atoms with E-state index in [0.29, 0.717) is 15.6 Å². The monoisotopic (exact) mass is 408 g/mol. The molecule has 4 N–H and O–H groups in total. The van der Waals surface area contributed by atoms with Gasteiger partial charge in [-0.2, -0.15) is 0 Å². The molecule has 9 heteroatoms. The third-order valence-electron chi connectivity index (χ3n) is 3.67. The average Bonchev–Trinajstić information content (AvgIpc) is 2.58. The van der Waals surface area contributed by atoms with E-state index in [0.717, 1.165) is 0 Å². The molecule has 2 rings (SSSR count). The second-order valence-corrected chi connectivity index (χ2v) is 6.54. The number of imide groups is 1. The van der Waals surface area contributed by atoms with Gasteiger partial charge >= 0.3 is 6.03 Å². The molecular formula is C18H18Cl2N4O3. The molecule has 1 atom stereocenters. The molecule has 2 aromatic carbocycles. The van der Waals surface area contributed by atoms with Gasteiger partial charge in [0.2, 0.25) is 11.8 Å². The first kappa shape index (κ1) is 20.7. The van der Waals surface area contributed by atoms with Gasteiger partial charge in [0.05, 0.1) is 22.3 Å². The van der Waals surface area contributed by atoms with Crippen LogP contribution in [0.1, 0.15) is 11.6 Å². The molecule has 0 aliphatic rings. The van der Waals surface area contributed by atoms with Crippen molar-refractivity contribution in [1.29, 1.82) is 0 Å². The fourth-order valence-corrected chi connectivity index (χ4v) is 3.04. The van der Waals surface area contributed by atoms with E-state index >= 15 is 0 Å². The number of para-hydroxylation sites is 1. The largest absolute Gasteiger partial charge is 0.351 e. The normalized spacial score (nSPS) is 11.7. The van der Waals surface area contributed by atoms with Crippen LogP contribution in [0.4, 0.5) is 10.5 Å². The second kappa shape index (κ2) is 9.36. The molecule has 0 spiro atoms. The lowest BCUT2D eigenvalue weighted by Crippen LogP contribution is -2.45. The number of urea groups is 1. The van der Waals surface area contributed by atoms with Gasteiger partial charge in [0.15, 0.2) is 0 Å². The van der Waals surface area contributed by atoms with Gasteiger partial charge in [0.1, 0.15) is 6.04 Å². The van der Waals surface area contributed by atoms with Gasteiger partial charge in [-0.15, -0.1) is 0 Å². The fourth-order valence-electron chi connectivity index (χ4n) is 2.55. The van der Waals surface area contributed by atoms with Gasteiger partial charge in [-0.05, 0) is 24.7 Å². The third kappa shape index (κ3) is 5.68. The molecule has 2 aromatic rings. The fraction of sp³-hybridized carbons (Fsp3) is 0.167. The van der Waals surface area contributed by atoms with Crippen LogP contribution in [0, 0.1) is 0 Å². The predicted octanol–water partition coefficient (Wildman–Crippen LogP) is 2.80. The van der Waals surface area contributed by atoms with Crippen molar-refractivity contribution >= 4 is 46.7 Å². The number of hydrogen-bond acceptors (Lipinski definition) is 4. The molecule has 0 fully saturated rings. The van der Waals surface area contributed by atoms with E-state index < -0.39 is 23.9 Å². The zero-order valence-corrected chi connectivity index (χ0v) is 15.9. The Morgan fingerprint density at radius 1 is 1.04 bits per heavy atom. The van der Waals surface area contributed by atoms with Crippen LogP contribution in [0.25, 0.3) is 0 Å². The van der Waals surface area contributed by atoms with Crippen molar-refractivity contribution in [1.82, 2.24) is 10.2 Å². The van der Waals surface area contributed by atoms with E-state index in [9.17, 15) is 14.4 Å². The summed E-state index contributed by atoms with van der Waals surface area (Å²) in [4.78, 5) is 37.4. The summed E-state index contributed by atoms with van der Waals surface area (Å²) in [5.41, 5.74) is 5.94. The molecule has 0 radical (unpaired) electrons. The first-order valence-electron chi connectivity index (χ1n) is 7.89. The quantitative estimate of drug-likeness (QED) is 0.683. The lowest BCUT2D eigenvalue weighted by atomic mass is 10.0. The summed E-state index contributed by atoms with van der Waals surface area (Å²) in [6.45, 7) is -0.159. The lowest BCUT2D eigenvalue weighted by Gasteiger charge is -2.26. The van der Waals surface area contributed by atoms with Crippen molar-refractivity contribution in [2.45, 2.75) is 6.04 Å². The molecule has 0 saturated heterocycles. The van der Waals surface area contributed by atoms with Gasteiger partial charge in [-0.1, -0.05) is 59.6 Å². The summed E-state index contributed by atoms with van der Waals surface area (Å²) >= 11 is 12.1. The Morgan fingerprint density at radius 3 is 2.19 bits per heavy atom. The first-order chi connectivity index (χ1) is 12.8. The van der Waals surface area contributed by atoms with E-state index in [1.807, 2.05) is 5.32 Å². The number of benzene rings is 2. The van der Waals surface area contributed by atoms with Gasteiger partial charge in [-0.3, -0.25) is 19.8 Å². The number of carbonyl (C=O) groups is 3. The number of carbonyl (C=O) groups excluding carboxylic acids is 3. The van der Waals surface area contributed by atoms with E-state index in [1.165, 1.54) is 4.90 Å². The van der Waals surface area contributed by atoms with Gasteiger partial charge < -0.3 is 11.1 Å². The number of rotatable bonds is 6. The molecule has 0 saturated carbocycles. The van der Waals surface area contributed by atoms with Crippen molar-refractivity contribution in [2.24, 2.45) is 5.73 Å². The Labute approximate surface area is 166 Å². The molecule has 0 aliphatic heterocycles. The highest BCUT2D eigenvalue weighted by Crippen LogP contribution is 2.30. The Kier molecular flexibility index (Phi) is 7.18. The molecule has 27 heavy (non-hydrogen) atoms. The zero-order valence-electron chi connectivity index (χ0n) is 14.4. The van der Waals surface area contributed by atoms with Gasteiger partial charge in [-0.25, -0.2) is 4.79 Å². The molecule has 7 nitrogen and oxygen atoms in total. The van der Waals surface area contributed by atoms with Crippen molar-refractivity contribution < 1.29 is 14.4 Å². The molecule has 0 aliphatic carbocycles. The van der Waals surface area contributed by atoms with Crippen LogP contribution < -0.4 is 16.4 Å². The smallest absolute Gasteiger partial charge is 0.318 e. The minimum absolute atomic E-state index is 0.159. The highest BCUT2D eigenvalue weighted by molar-refractivity contribution is 6.39. The number of primary amides is 1. The third-order valence-corrected chi connectivity index (χ3v) is 4.30. The number of halogens is 2. The minimum Gasteiger partial charge on any atom is -0.351 e. The van der Waals surface area contributed by atoms with Crippen LogP contribution in [-0.4, -0.2) is 36.3 Å².